The zero-order valence-corrected chi connectivity index (χ0v) is 12.8. The van der Waals surface area contributed by atoms with Gasteiger partial charge < -0.3 is 14.8 Å². The number of carbonyl (C=O) groups is 1. The second kappa shape index (κ2) is 7.08. The SMILES string of the molecule is COc1ccc(NC(=O)COc2ccc(Br)cc2F)cc1. The summed E-state index contributed by atoms with van der Waals surface area (Å²) < 4.78 is 24.3. The van der Waals surface area contributed by atoms with Gasteiger partial charge >= 0.3 is 0 Å². The predicted molar refractivity (Wildman–Crippen MR) is 81.2 cm³/mol. The molecule has 2 aromatic rings. The van der Waals surface area contributed by atoms with Crippen LogP contribution in [0, 0.1) is 5.82 Å². The van der Waals surface area contributed by atoms with Crippen LogP contribution in [-0.2, 0) is 4.79 Å². The zero-order chi connectivity index (χ0) is 15.2. The standard InChI is InChI=1S/C15H13BrFNO3/c1-20-12-5-3-11(4-6-12)18-15(19)9-21-14-7-2-10(16)8-13(14)17/h2-8H,9H2,1H3,(H,18,19). The first-order valence-corrected chi connectivity index (χ1v) is 6.89. The Hall–Kier alpha value is -2.08. The fraction of sp³-hybridized carbons (Fsp3) is 0.133. The number of anilines is 1. The van der Waals surface area contributed by atoms with E-state index in [4.69, 9.17) is 9.47 Å². The molecule has 0 aliphatic heterocycles. The Morgan fingerprint density at radius 1 is 1.24 bits per heavy atom. The van der Waals surface area contributed by atoms with E-state index in [-0.39, 0.29) is 18.3 Å². The molecule has 0 atom stereocenters. The van der Waals surface area contributed by atoms with Crippen LogP contribution in [0.2, 0.25) is 0 Å². The van der Waals surface area contributed by atoms with E-state index in [0.717, 1.165) is 0 Å². The maximum atomic E-state index is 13.5. The van der Waals surface area contributed by atoms with Gasteiger partial charge in [0.25, 0.3) is 5.91 Å². The first-order valence-electron chi connectivity index (χ1n) is 6.10. The average molecular weight is 354 g/mol. The molecule has 0 aliphatic rings. The topological polar surface area (TPSA) is 47.6 Å². The highest BCUT2D eigenvalue weighted by Crippen LogP contribution is 2.21. The molecule has 0 spiro atoms. The molecule has 1 amide bonds. The maximum Gasteiger partial charge on any atom is 0.262 e. The Kier molecular flexibility index (Phi) is 5.16. The van der Waals surface area contributed by atoms with E-state index in [1.54, 1.807) is 37.4 Å². The van der Waals surface area contributed by atoms with Crippen LogP contribution in [0.5, 0.6) is 11.5 Å². The van der Waals surface area contributed by atoms with E-state index >= 15 is 0 Å². The van der Waals surface area contributed by atoms with Crippen molar-refractivity contribution in [3.05, 3.63) is 52.8 Å². The summed E-state index contributed by atoms with van der Waals surface area (Å²) in [5.41, 5.74) is 0.612. The molecule has 0 fully saturated rings. The molecule has 6 heteroatoms. The Labute approximate surface area is 130 Å². The molecule has 4 nitrogen and oxygen atoms in total. The number of rotatable bonds is 5. The van der Waals surface area contributed by atoms with E-state index in [2.05, 4.69) is 21.2 Å². The molecule has 0 saturated carbocycles. The number of carbonyl (C=O) groups excluding carboxylic acids is 1. The van der Waals surface area contributed by atoms with Crippen LogP contribution < -0.4 is 14.8 Å². The summed E-state index contributed by atoms with van der Waals surface area (Å²) in [5.74, 6) is -0.173. The first kappa shape index (κ1) is 15.3. The summed E-state index contributed by atoms with van der Waals surface area (Å²) in [7, 11) is 1.56. The molecule has 0 radical (unpaired) electrons. The van der Waals surface area contributed by atoms with Crippen LogP contribution in [0.15, 0.2) is 46.9 Å². The minimum absolute atomic E-state index is 0.0306. The van der Waals surface area contributed by atoms with E-state index in [1.807, 2.05) is 0 Å². The van der Waals surface area contributed by atoms with Crippen molar-refractivity contribution >= 4 is 27.5 Å². The third kappa shape index (κ3) is 4.46. The van der Waals surface area contributed by atoms with Crippen LogP contribution in [0.25, 0.3) is 0 Å². The quantitative estimate of drug-likeness (QED) is 0.892. The van der Waals surface area contributed by atoms with Gasteiger partial charge in [-0.05, 0) is 42.5 Å². The lowest BCUT2D eigenvalue weighted by atomic mass is 10.3. The molecule has 0 bridgehead atoms. The van der Waals surface area contributed by atoms with Gasteiger partial charge in [-0.1, -0.05) is 15.9 Å². The normalized spacial score (nSPS) is 10.0. The zero-order valence-electron chi connectivity index (χ0n) is 11.2. The molecule has 21 heavy (non-hydrogen) atoms. The highest BCUT2D eigenvalue weighted by atomic mass is 79.9. The third-order valence-corrected chi connectivity index (χ3v) is 3.12. The maximum absolute atomic E-state index is 13.5. The van der Waals surface area contributed by atoms with Gasteiger partial charge in [0, 0.05) is 10.2 Å². The van der Waals surface area contributed by atoms with Crippen molar-refractivity contribution in [2.45, 2.75) is 0 Å². The predicted octanol–water partition coefficient (Wildman–Crippen LogP) is 3.61. The van der Waals surface area contributed by atoms with E-state index in [0.29, 0.717) is 15.9 Å². The van der Waals surface area contributed by atoms with Crippen molar-refractivity contribution in [2.24, 2.45) is 0 Å². The van der Waals surface area contributed by atoms with Crippen LogP contribution in [0.4, 0.5) is 10.1 Å². The van der Waals surface area contributed by atoms with Gasteiger partial charge in [0.15, 0.2) is 18.2 Å². The average Bonchev–Trinajstić information content (AvgIpc) is 2.47. The Bertz CT molecular complexity index is 631. The molecule has 1 N–H and O–H groups in total. The van der Waals surface area contributed by atoms with Gasteiger partial charge in [0.2, 0.25) is 0 Å². The molecule has 2 aromatic carbocycles. The van der Waals surface area contributed by atoms with E-state index in [9.17, 15) is 9.18 Å². The summed E-state index contributed by atoms with van der Waals surface area (Å²) in [6.45, 7) is -0.273. The number of benzene rings is 2. The Morgan fingerprint density at radius 2 is 1.95 bits per heavy atom. The second-order valence-electron chi connectivity index (χ2n) is 4.14. The van der Waals surface area contributed by atoms with Crippen LogP contribution >= 0.6 is 15.9 Å². The molecular weight excluding hydrogens is 341 g/mol. The molecule has 0 aromatic heterocycles. The largest absolute Gasteiger partial charge is 0.497 e. The highest BCUT2D eigenvalue weighted by Gasteiger charge is 2.08. The van der Waals surface area contributed by atoms with Crippen molar-refractivity contribution in [2.75, 3.05) is 19.0 Å². The Balaban J connectivity index is 1.89. The second-order valence-corrected chi connectivity index (χ2v) is 5.06. The molecule has 0 heterocycles. The van der Waals surface area contributed by atoms with Crippen molar-refractivity contribution in [1.29, 1.82) is 0 Å². The molecule has 0 aliphatic carbocycles. The summed E-state index contributed by atoms with van der Waals surface area (Å²) in [5, 5.41) is 2.64. The van der Waals surface area contributed by atoms with E-state index < -0.39 is 5.82 Å². The monoisotopic (exact) mass is 353 g/mol. The third-order valence-electron chi connectivity index (χ3n) is 2.63. The van der Waals surface area contributed by atoms with Gasteiger partial charge in [-0.25, -0.2) is 4.39 Å². The van der Waals surface area contributed by atoms with Crippen molar-refractivity contribution in [3.63, 3.8) is 0 Å². The number of nitrogens with one attached hydrogen (secondary N) is 1. The van der Waals surface area contributed by atoms with Crippen LogP contribution in [0.1, 0.15) is 0 Å². The lowest BCUT2D eigenvalue weighted by Crippen LogP contribution is -2.20. The van der Waals surface area contributed by atoms with Gasteiger partial charge in [0.05, 0.1) is 7.11 Å². The lowest BCUT2D eigenvalue weighted by molar-refractivity contribution is -0.118. The smallest absolute Gasteiger partial charge is 0.262 e. The van der Waals surface area contributed by atoms with Gasteiger partial charge in [-0.15, -0.1) is 0 Å². The fourth-order valence-electron chi connectivity index (χ4n) is 1.61. The highest BCUT2D eigenvalue weighted by molar-refractivity contribution is 9.10. The summed E-state index contributed by atoms with van der Waals surface area (Å²) in [6, 6.07) is 11.2. The van der Waals surface area contributed by atoms with Crippen molar-refractivity contribution < 1.29 is 18.7 Å². The van der Waals surface area contributed by atoms with Gasteiger partial charge in [-0.3, -0.25) is 4.79 Å². The number of halogens is 2. The fourth-order valence-corrected chi connectivity index (χ4v) is 1.94. The van der Waals surface area contributed by atoms with Crippen LogP contribution in [-0.4, -0.2) is 19.6 Å². The lowest BCUT2D eigenvalue weighted by Gasteiger charge is -2.09. The number of hydrogen-bond donors (Lipinski definition) is 1. The number of hydrogen-bond acceptors (Lipinski definition) is 3. The summed E-state index contributed by atoms with van der Waals surface area (Å²) >= 11 is 3.15. The first-order chi connectivity index (χ1) is 10.1. The van der Waals surface area contributed by atoms with E-state index in [1.165, 1.54) is 12.1 Å². The van der Waals surface area contributed by atoms with Crippen molar-refractivity contribution in [3.8, 4) is 11.5 Å². The molecule has 0 saturated heterocycles. The molecule has 0 unspecified atom stereocenters. The summed E-state index contributed by atoms with van der Waals surface area (Å²) in [4.78, 5) is 11.7. The minimum atomic E-state index is -0.526. The number of ether oxygens (including phenoxy) is 2. The number of amides is 1. The van der Waals surface area contributed by atoms with Gasteiger partial charge in [-0.2, -0.15) is 0 Å². The molecular formula is C15H13BrFNO3. The van der Waals surface area contributed by atoms with Gasteiger partial charge in [0.1, 0.15) is 5.75 Å². The Morgan fingerprint density at radius 3 is 2.57 bits per heavy atom. The molecule has 110 valence electrons. The number of methoxy groups -OCH3 is 1. The summed E-state index contributed by atoms with van der Waals surface area (Å²) in [6.07, 6.45) is 0. The van der Waals surface area contributed by atoms with Crippen molar-refractivity contribution in [1.82, 2.24) is 0 Å². The van der Waals surface area contributed by atoms with Crippen LogP contribution in [0.3, 0.4) is 0 Å². The minimum Gasteiger partial charge on any atom is -0.497 e. The molecule has 2 rings (SSSR count).